The monoisotopic (exact) mass is 225 g/mol. The molecule has 3 nitrogen and oxygen atoms in total. The molecule has 0 spiro atoms. The zero-order valence-electron chi connectivity index (χ0n) is 9.70. The van der Waals surface area contributed by atoms with Crippen LogP contribution in [0.1, 0.15) is 12.5 Å². The van der Waals surface area contributed by atoms with E-state index in [2.05, 4.69) is 0 Å². The van der Waals surface area contributed by atoms with Gasteiger partial charge < -0.3 is 5.11 Å². The van der Waals surface area contributed by atoms with Gasteiger partial charge in [-0.25, -0.2) is 4.39 Å². The topological polar surface area (TPSA) is 40.5 Å². The number of carbonyl (C=O) groups is 1. The Bertz CT molecular complexity index is 375. The van der Waals surface area contributed by atoms with E-state index in [4.69, 9.17) is 0 Å². The van der Waals surface area contributed by atoms with Crippen molar-refractivity contribution in [1.82, 2.24) is 4.90 Å². The zero-order chi connectivity index (χ0) is 12.3. The number of hydrogen-bond donors (Lipinski definition) is 1. The third-order valence-corrected chi connectivity index (χ3v) is 2.91. The molecule has 88 valence electrons. The molecule has 1 rings (SSSR count). The lowest BCUT2D eigenvalue weighted by atomic mass is 9.92. The van der Waals surface area contributed by atoms with Crippen LogP contribution in [0.5, 0.6) is 0 Å². The predicted molar refractivity (Wildman–Crippen MR) is 59.8 cm³/mol. The van der Waals surface area contributed by atoms with Gasteiger partial charge >= 0.3 is 5.97 Å². The molecule has 0 saturated carbocycles. The third kappa shape index (κ3) is 2.58. The summed E-state index contributed by atoms with van der Waals surface area (Å²) in [6.07, 6.45) is 0.343. The summed E-state index contributed by atoms with van der Waals surface area (Å²) < 4.78 is 12.7. The molecule has 16 heavy (non-hydrogen) atoms. The highest BCUT2D eigenvalue weighted by Gasteiger charge is 2.35. The standard InChI is InChI=1S/C12H16FNO2/c1-12(11(15)16,14(2)3)8-9-4-6-10(13)7-5-9/h4-7H,8H2,1-3H3,(H,15,16). The van der Waals surface area contributed by atoms with E-state index in [1.54, 1.807) is 38.1 Å². The molecule has 0 saturated heterocycles. The van der Waals surface area contributed by atoms with Crippen molar-refractivity contribution >= 4 is 5.97 Å². The van der Waals surface area contributed by atoms with Gasteiger partial charge in [0.25, 0.3) is 0 Å². The Labute approximate surface area is 94.5 Å². The van der Waals surface area contributed by atoms with Crippen molar-refractivity contribution in [2.24, 2.45) is 0 Å². The van der Waals surface area contributed by atoms with E-state index < -0.39 is 11.5 Å². The summed E-state index contributed by atoms with van der Waals surface area (Å²) >= 11 is 0. The van der Waals surface area contributed by atoms with Crippen LogP contribution in [0, 0.1) is 5.82 Å². The molecule has 0 fully saturated rings. The van der Waals surface area contributed by atoms with E-state index >= 15 is 0 Å². The Balaban J connectivity index is 2.93. The second-order valence-corrected chi connectivity index (χ2v) is 4.28. The number of benzene rings is 1. The van der Waals surface area contributed by atoms with Gasteiger partial charge in [-0.05, 0) is 38.7 Å². The minimum Gasteiger partial charge on any atom is -0.480 e. The molecule has 1 N–H and O–H groups in total. The van der Waals surface area contributed by atoms with Gasteiger partial charge in [-0.15, -0.1) is 0 Å². The molecule has 1 aromatic rings. The molecule has 1 unspecified atom stereocenters. The first-order valence-electron chi connectivity index (χ1n) is 5.01. The molecule has 0 heterocycles. The normalized spacial score (nSPS) is 14.8. The molecular formula is C12H16FNO2. The molecule has 0 bridgehead atoms. The number of hydrogen-bond acceptors (Lipinski definition) is 2. The van der Waals surface area contributed by atoms with E-state index in [9.17, 15) is 14.3 Å². The number of carboxylic acids is 1. The summed E-state index contributed by atoms with van der Waals surface area (Å²) in [6.45, 7) is 1.65. The van der Waals surface area contributed by atoms with E-state index in [1.165, 1.54) is 12.1 Å². The van der Waals surface area contributed by atoms with Gasteiger partial charge in [0.1, 0.15) is 11.4 Å². The van der Waals surface area contributed by atoms with Crippen molar-refractivity contribution in [2.45, 2.75) is 18.9 Å². The second kappa shape index (κ2) is 4.61. The molecule has 4 heteroatoms. The Hall–Kier alpha value is -1.42. The SMILES string of the molecule is CN(C)C(C)(Cc1ccc(F)cc1)C(=O)O. The van der Waals surface area contributed by atoms with Crippen LogP contribution in [0.3, 0.4) is 0 Å². The summed E-state index contributed by atoms with van der Waals surface area (Å²) in [5.41, 5.74) is -0.169. The van der Waals surface area contributed by atoms with Crippen molar-refractivity contribution < 1.29 is 14.3 Å². The Morgan fingerprint density at radius 3 is 2.25 bits per heavy atom. The molecule has 0 amide bonds. The van der Waals surface area contributed by atoms with Gasteiger partial charge in [-0.2, -0.15) is 0 Å². The first kappa shape index (κ1) is 12.6. The van der Waals surface area contributed by atoms with Gasteiger partial charge in [0.05, 0.1) is 0 Å². The molecule has 0 aliphatic carbocycles. The zero-order valence-corrected chi connectivity index (χ0v) is 9.70. The average Bonchev–Trinajstić information content (AvgIpc) is 2.20. The maximum atomic E-state index is 12.7. The quantitative estimate of drug-likeness (QED) is 0.849. The maximum Gasteiger partial charge on any atom is 0.324 e. The minimum atomic E-state index is -0.974. The smallest absolute Gasteiger partial charge is 0.324 e. The van der Waals surface area contributed by atoms with E-state index in [1.807, 2.05) is 0 Å². The Morgan fingerprint density at radius 2 is 1.88 bits per heavy atom. The maximum absolute atomic E-state index is 12.7. The summed E-state index contributed by atoms with van der Waals surface area (Å²) in [5, 5.41) is 9.20. The number of likely N-dealkylation sites (N-methyl/N-ethyl adjacent to an activating group) is 1. The lowest BCUT2D eigenvalue weighted by Crippen LogP contribution is -2.50. The molecule has 1 aromatic carbocycles. The molecule has 1 atom stereocenters. The Kier molecular flexibility index (Phi) is 3.65. The highest BCUT2D eigenvalue weighted by Crippen LogP contribution is 2.19. The summed E-state index contributed by atoms with van der Waals surface area (Å²) in [7, 11) is 3.44. The van der Waals surface area contributed by atoms with Crippen molar-refractivity contribution in [3.8, 4) is 0 Å². The van der Waals surface area contributed by atoms with Gasteiger partial charge in [0, 0.05) is 6.42 Å². The van der Waals surface area contributed by atoms with Crippen molar-refractivity contribution in [3.05, 3.63) is 35.6 Å². The van der Waals surface area contributed by atoms with Crippen LogP contribution in [-0.2, 0) is 11.2 Å². The van der Waals surface area contributed by atoms with Gasteiger partial charge in [0.15, 0.2) is 0 Å². The van der Waals surface area contributed by atoms with Crippen LogP contribution < -0.4 is 0 Å². The lowest BCUT2D eigenvalue weighted by molar-refractivity contribution is -0.148. The largest absolute Gasteiger partial charge is 0.480 e. The van der Waals surface area contributed by atoms with E-state index in [0.29, 0.717) is 6.42 Å². The van der Waals surface area contributed by atoms with Crippen molar-refractivity contribution in [2.75, 3.05) is 14.1 Å². The fourth-order valence-electron chi connectivity index (χ4n) is 1.42. The van der Waals surface area contributed by atoms with Crippen LogP contribution in [0.15, 0.2) is 24.3 Å². The molecule has 0 aromatic heterocycles. The minimum absolute atomic E-state index is 0.314. The summed E-state index contributed by atoms with van der Waals surface area (Å²) in [5.74, 6) is -1.20. The fraction of sp³-hybridized carbons (Fsp3) is 0.417. The third-order valence-electron chi connectivity index (χ3n) is 2.91. The van der Waals surface area contributed by atoms with Gasteiger partial charge in [0.2, 0.25) is 0 Å². The molecule has 0 radical (unpaired) electrons. The van der Waals surface area contributed by atoms with Crippen LogP contribution in [0.4, 0.5) is 4.39 Å². The van der Waals surface area contributed by atoms with Gasteiger partial charge in [-0.1, -0.05) is 12.1 Å². The van der Waals surface area contributed by atoms with Crippen LogP contribution >= 0.6 is 0 Å². The van der Waals surface area contributed by atoms with Gasteiger partial charge in [-0.3, -0.25) is 9.69 Å². The summed E-state index contributed by atoms with van der Waals surface area (Å²) in [4.78, 5) is 12.9. The Morgan fingerprint density at radius 1 is 1.38 bits per heavy atom. The number of carboxylic acid groups (broad SMARTS) is 1. The molecule has 0 aliphatic heterocycles. The van der Waals surface area contributed by atoms with Crippen molar-refractivity contribution in [3.63, 3.8) is 0 Å². The number of halogens is 1. The average molecular weight is 225 g/mol. The highest BCUT2D eigenvalue weighted by atomic mass is 19.1. The van der Waals surface area contributed by atoms with Crippen LogP contribution in [-0.4, -0.2) is 35.6 Å². The van der Waals surface area contributed by atoms with Crippen molar-refractivity contribution in [1.29, 1.82) is 0 Å². The number of rotatable bonds is 4. The van der Waals surface area contributed by atoms with Crippen LogP contribution in [0.2, 0.25) is 0 Å². The fourth-order valence-corrected chi connectivity index (χ4v) is 1.42. The number of nitrogens with zero attached hydrogens (tertiary/aromatic N) is 1. The van der Waals surface area contributed by atoms with Crippen LogP contribution in [0.25, 0.3) is 0 Å². The molecule has 0 aliphatic rings. The van der Waals surface area contributed by atoms with E-state index in [-0.39, 0.29) is 5.82 Å². The first-order chi connectivity index (χ1) is 7.36. The first-order valence-corrected chi connectivity index (χ1v) is 5.01. The van der Waals surface area contributed by atoms with E-state index in [0.717, 1.165) is 5.56 Å². The number of aliphatic carboxylic acids is 1. The molecular weight excluding hydrogens is 209 g/mol. The lowest BCUT2D eigenvalue weighted by Gasteiger charge is -2.32. The summed E-state index contributed by atoms with van der Waals surface area (Å²) in [6, 6.07) is 5.90. The predicted octanol–water partition coefficient (Wildman–Crippen LogP) is 1.77. The second-order valence-electron chi connectivity index (χ2n) is 4.28. The highest BCUT2D eigenvalue weighted by molar-refractivity contribution is 5.78.